The van der Waals surface area contributed by atoms with Crippen LogP contribution in [-0.2, 0) is 26.6 Å². The quantitative estimate of drug-likeness (QED) is 0.713. The lowest BCUT2D eigenvalue weighted by atomic mass is 10.2. The van der Waals surface area contributed by atoms with E-state index in [4.69, 9.17) is 4.74 Å². The van der Waals surface area contributed by atoms with Gasteiger partial charge in [-0.1, -0.05) is 0 Å². The van der Waals surface area contributed by atoms with Gasteiger partial charge >= 0.3 is 5.97 Å². The summed E-state index contributed by atoms with van der Waals surface area (Å²) in [6.07, 6.45) is 2.69. The smallest absolute Gasteiger partial charge is 0.325 e. The Balaban J connectivity index is 2.29. The van der Waals surface area contributed by atoms with Crippen LogP contribution in [0.2, 0.25) is 0 Å². The van der Waals surface area contributed by atoms with Gasteiger partial charge in [-0.3, -0.25) is 9.48 Å². The third kappa shape index (κ3) is 2.84. The Morgan fingerprint density at radius 2 is 2.35 bits per heavy atom. The van der Waals surface area contributed by atoms with Crippen molar-refractivity contribution in [2.45, 2.75) is 17.9 Å². The second-order valence-electron chi connectivity index (χ2n) is 4.44. The van der Waals surface area contributed by atoms with Crippen molar-refractivity contribution >= 4 is 16.0 Å². The van der Waals surface area contributed by atoms with Gasteiger partial charge in [-0.15, -0.1) is 0 Å². The monoisotopic (exact) mass is 302 g/mol. The van der Waals surface area contributed by atoms with Gasteiger partial charge in [0.25, 0.3) is 0 Å². The molecule has 1 fully saturated rings. The van der Waals surface area contributed by atoms with Crippen molar-refractivity contribution in [1.29, 1.82) is 0 Å². The van der Waals surface area contributed by atoms with E-state index in [0.29, 0.717) is 6.54 Å². The third-order valence-electron chi connectivity index (χ3n) is 3.04. The average Bonchev–Trinajstić information content (AvgIpc) is 2.86. The minimum atomic E-state index is -3.74. The normalized spacial score (nSPS) is 20.8. The molecule has 1 saturated heterocycles. The molecule has 1 aromatic rings. The number of esters is 1. The molecule has 0 aromatic carbocycles. The van der Waals surface area contributed by atoms with Crippen molar-refractivity contribution < 1.29 is 17.9 Å². The number of ether oxygens (including phenoxy) is 1. The van der Waals surface area contributed by atoms with Gasteiger partial charge in [0, 0.05) is 32.9 Å². The molecule has 9 heteroatoms. The molecule has 1 aromatic heterocycles. The van der Waals surface area contributed by atoms with E-state index >= 15 is 0 Å². The largest absolute Gasteiger partial charge is 0.465 e. The number of sulfonamides is 1. The van der Waals surface area contributed by atoms with Gasteiger partial charge in [-0.05, 0) is 6.92 Å². The number of nitrogens with one attached hydrogen (secondary N) is 1. The van der Waals surface area contributed by atoms with Crippen LogP contribution >= 0.6 is 0 Å². The zero-order chi connectivity index (χ0) is 14.8. The van der Waals surface area contributed by atoms with E-state index in [-0.39, 0.29) is 24.6 Å². The third-order valence-corrected chi connectivity index (χ3v) is 4.90. The number of aryl methyl sites for hydroxylation is 1. The SMILES string of the molecule is CCOC(=O)C1CNCCN1S(=O)(=O)c1cnn(C)c1. The van der Waals surface area contributed by atoms with E-state index < -0.39 is 22.0 Å². The number of hydrogen-bond acceptors (Lipinski definition) is 6. The first-order valence-corrected chi connectivity index (χ1v) is 7.78. The molecule has 0 radical (unpaired) electrons. The Kier molecular flexibility index (Phi) is 4.41. The van der Waals surface area contributed by atoms with E-state index in [9.17, 15) is 13.2 Å². The maximum atomic E-state index is 12.6. The molecular weight excluding hydrogens is 284 g/mol. The lowest BCUT2D eigenvalue weighted by Gasteiger charge is -2.33. The number of rotatable bonds is 4. The van der Waals surface area contributed by atoms with Crippen LogP contribution in [-0.4, -0.2) is 60.8 Å². The number of hydrogen-bond donors (Lipinski definition) is 1. The highest BCUT2D eigenvalue weighted by Crippen LogP contribution is 2.19. The number of aromatic nitrogens is 2. The van der Waals surface area contributed by atoms with Crippen molar-refractivity contribution in [2.75, 3.05) is 26.2 Å². The molecule has 112 valence electrons. The summed E-state index contributed by atoms with van der Waals surface area (Å²) < 4.78 is 32.6. The topological polar surface area (TPSA) is 93.5 Å². The van der Waals surface area contributed by atoms with Crippen LogP contribution in [0, 0.1) is 0 Å². The molecule has 1 atom stereocenters. The van der Waals surface area contributed by atoms with Crippen molar-refractivity contribution in [1.82, 2.24) is 19.4 Å². The number of piperazine rings is 1. The van der Waals surface area contributed by atoms with Crippen LogP contribution in [0.1, 0.15) is 6.92 Å². The zero-order valence-corrected chi connectivity index (χ0v) is 12.3. The lowest BCUT2D eigenvalue weighted by Crippen LogP contribution is -2.57. The van der Waals surface area contributed by atoms with Gasteiger partial charge in [-0.25, -0.2) is 8.42 Å². The fraction of sp³-hybridized carbons (Fsp3) is 0.636. The molecule has 8 nitrogen and oxygen atoms in total. The van der Waals surface area contributed by atoms with Crippen molar-refractivity contribution in [3.05, 3.63) is 12.4 Å². The summed E-state index contributed by atoms with van der Waals surface area (Å²) in [6, 6.07) is -0.839. The van der Waals surface area contributed by atoms with Gasteiger partial charge in [0.2, 0.25) is 10.0 Å². The van der Waals surface area contributed by atoms with Crippen LogP contribution in [0.5, 0.6) is 0 Å². The van der Waals surface area contributed by atoms with Crippen LogP contribution in [0.25, 0.3) is 0 Å². The summed E-state index contributed by atoms with van der Waals surface area (Å²) in [7, 11) is -2.11. The van der Waals surface area contributed by atoms with Gasteiger partial charge in [0.05, 0.1) is 12.8 Å². The molecule has 1 aliphatic heterocycles. The minimum absolute atomic E-state index is 0.0798. The first kappa shape index (κ1) is 14.9. The average molecular weight is 302 g/mol. The molecule has 1 unspecified atom stereocenters. The molecule has 20 heavy (non-hydrogen) atoms. The first-order chi connectivity index (χ1) is 9.46. The van der Waals surface area contributed by atoms with Crippen LogP contribution in [0.4, 0.5) is 0 Å². The lowest BCUT2D eigenvalue weighted by molar-refractivity contribution is -0.148. The second-order valence-corrected chi connectivity index (χ2v) is 6.33. The number of carbonyl (C=O) groups is 1. The Morgan fingerprint density at radius 3 is 2.95 bits per heavy atom. The molecule has 0 amide bonds. The predicted octanol–water partition coefficient (Wildman–Crippen LogP) is -1.05. The van der Waals surface area contributed by atoms with Crippen molar-refractivity contribution in [3.63, 3.8) is 0 Å². The minimum Gasteiger partial charge on any atom is -0.465 e. The van der Waals surface area contributed by atoms with Crippen molar-refractivity contribution in [2.24, 2.45) is 7.05 Å². The molecule has 2 heterocycles. The summed E-state index contributed by atoms with van der Waals surface area (Å²) in [6.45, 7) is 2.87. The Labute approximate surface area is 117 Å². The summed E-state index contributed by atoms with van der Waals surface area (Å²) in [5.41, 5.74) is 0. The van der Waals surface area contributed by atoms with Crippen LogP contribution in [0.3, 0.4) is 0 Å². The molecule has 0 spiro atoms. The zero-order valence-electron chi connectivity index (χ0n) is 11.4. The van der Waals surface area contributed by atoms with E-state index in [0.717, 1.165) is 0 Å². The molecule has 2 rings (SSSR count). The van der Waals surface area contributed by atoms with E-state index in [2.05, 4.69) is 10.4 Å². The van der Waals surface area contributed by atoms with Gasteiger partial charge < -0.3 is 10.1 Å². The predicted molar refractivity (Wildman–Crippen MR) is 70.4 cm³/mol. The summed E-state index contributed by atoms with van der Waals surface area (Å²) >= 11 is 0. The molecule has 0 saturated carbocycles. The summed E-state index contributed by atoms with van der Waals surface area (Å²) in [5, 5.41) is 6.87. The maximum Gasteiger partial charge on any atom is 0.325 e. The molecule has 1 aliphatic rings. The highest BCUT2D eigenvalue weighted by atomic mass is 32.2. The number of nitrogens with zero attached hydrogens (tertiary/aromatic N) is 3. The Morgan fingerprint density at radius 1 is 1.60 bits per heavy atom. The Hall–Kier alpha value is -1.45. The molecule has 1 N–H and O–H groups in total. The molecule has 0 aliphatic carbocycles. The second kappa shape index (κ2) is 5.90. The molecular formula is C11H18N4O4S. The highest BCUT2D eigenvalue weighted by Gasteiger charge is 2.39. The summed E-state index contributed by atoms with van der Waals surface area (Å²) in [4.78, 5) is 12.0. The van der Waals surface area contributed by atoms with E-state index in [1.165, 1.54) is 21.4 Å². The van der Waals surface area contributed by atoms with Gasteiger partial charge in [0.1, 0.15) is 10.9 Å². The van der Waals surface area contributed by atoms with E-state index in [1.54, 1.807) is 14.0 Å². The Bertz CT molecular complexity index is 583. The standard InChI is InChI=1S/C11H18N4O4S/c1-3-19-11(16)10-7-12-4-5-15(10)20(17,18)9-6-13-14(2)8-9/h6,8,10,12H,3-5,7H2,1-2H3. The summed E-state index contributed by atoms with van der Waals surface area (Å²) in [5.74, 6) is -0.535. The van der Waals surface area contributed by atoms with Crippen molar-refractivity contribution in [3.8, 4) is 0 Å². The molecule has 0 bridgehead atoms. The van der Waals surface area contributed by atoms with Gasteiger partial charge in [0.15, 0.2) is 0 Å². The number of carbonyl (C=O) groups excluding carboxylic acids is 1. The first-order valence-electron chi connectivity index (χ1n) is 6.34. The fourth-order valence-electron chi connectivity index (χ4n) is 2.08. The van der Waals surface area contributed by atoms with Gasteiger partial charge in [-0.2, -0.15) is 9.40 Å². The van der Waals surface area contributed by atoms with E-state index in [1.807, 2.05) is 0 Å². The maximum absolute atomic E-state index is 12.6. The van der Waals surface area contributed by atoms with Crippen LogP contribution < -0.4 is 5.32 Å². The fourth-order valence-corrected chi connectivity index (χ4v) is 3.64. The highest BCUT2D eigenvalue weighted by molar-refractivity contribution is 7.89. The van der Waals surface area contributed by atoms with Crippen LogP contribution in [0.15, 0.2) is 17.3 Å².